The van der Waals surface area contributed by atoms with Crippen LogP contribution in [0.3, 0.4) is 0 Å². The molecule has 2 aromatic carbocycles. The predicted molar refractivity (Wildman–Crippen MR) is 121 cm³/mol. The lowest BCUT2D eigenvalue weighted by Gasteiger charge is -2.21. The van der Waals surface area contributed by atoms with Crippen LogP contribution in [-0.2, 0) is 16.1 Å². The number of carbonyl (C=O) groups excluding carboxylic acids is 1. The number of aromatic nitrogens is 1. The molecule has 0 unspecified atom stereocenters. The van der Waals surface area contributed by atoms with Crippen LogP contribution in [-0.4, -0.2) is 37.9 Å². The van der Waals surface area contributed by atoms with Crippen molar-refractivity contribution in [2.24, 2.45) is 5.92 Å². The molecule has 0 saturated carbocycles. The topological polar surface area (TPSA) is 66.9 Å². The maximum absolute atomic E-state index is 14.3. The van der Waals surface area contributed by atoms with Crippen LogP contribution in [0.5, 0.6) is 11.6 Å². The molecule has 0 amide bonds. The Bertz CT molecular complexity index is 1080. The fraction of sp³-hybridized carbons (Fsp3) is 0.308. The van der Waals surface area contributed by atoms with Crippen molar-refractivity contribution >= 4 is 5.97 Å². The van der Waals surface area contributed by atoms with Gasteiger partial charge in [0.15, 0.2) is 0 Å². The van der Waals surface area contributed by atoms with E-state index in [1.165, 1.54) is 19.2 Å². The second-order valence-electron chi connectivity index (χ2n) is 7.87. The standard InChI is InChI=1S/C26H26FNO5/c1-30-26(29)20-5-6-22(24(27)14-20)17-32-23-4-2-3-19(13-23)21-7-8-25(28-15-21)33-16-18-9-11-31-12-10-18/h2-8,13-15,18H,9-12,16-17H2,1H3. The van der Waals surface area contributed by atoms with Crippen molar-refractivity contribution in [1.29, 1.82) is 0 Å². The number of ether oxygens (including phenoxy) is 4. The fourth-order valence-electron chi connectivity index (χ4n) is 3.59. The first-order valence-corrected chi connectivity index (χ1v) is 10.9. The average Bonchev–Trinajstić information content (AvgIpc) is 2.87. The molecule has 1 fully saturated rings. The summed E-state index contributed by atoms with van der Waals surface area (Å²) in [5, 5.41) is 0. The van der Waals surface area contributed by atoms with Crippen molar-refractivity contribution in [3.63, 3.8) is 0 Å². The zero-order valence-electron chi connectivity index (χ0n) is 18.5. The summed E-state index contributed by atoms with van der Waals surface area (Å²) >= 11 is 0. The molecule has 172 valence electrons. The molecule has 7 heteroatoms. The number of nitrogens with zero attached hydrogens (tertiary/aromatic N) is 1. The Morgan fingerprint density at radius 3 is 2.64 bits per heavy atom. The van der Waals surface area contributed by atoms with Gasteiger partial charge in [0.05, 0.1) is 19.3 Å². The third kappa shape index (κ3) is 6.08. The van der Waals surface area contributed by atoms with E-state index in [0.29, 0.717) is 29.7 Å². The van der Waals surface area contributed by atoms with Gasteiger partial charge in [-0.3, -0.25) is 0 Å². The van der Waals surface area contributed by atoms with Crippen LogP contribution in [0.25, 0.3) is 11.1 Å². The summed E-state index contributed by atoms with van der Waals surface area (Å²) in [5.41, 5.74) is 2.36. The van der Waals surface area contributed by atoms with Gasteiger partial charge in [0.2, 0.25) is 5.88 Å². The monoisotopic (exact) mass is 451 g/mol. The molecule has 0 N–H and O–H groups in total. The number of carbonyl (C=O) groups is 1. The van der Waals surface area contributed by atoms with E-state index in [-0.39, 0.29) is 12.2 Å². The summed E-state index contributed by atoms with van der Waals surface area (Å²) in [6.07, 6.45) is 3.80. The molecular formula is C26H26FNO5. The third-order valence-corrected chi connectivity index (χ3v) is 5.58. The number of halogens is 1. The molecule has 1 aliphatic heterocycles. The minimum Gasteiger partial charge on any atom is -0.489 e. The molecule has 2 heterocycles. The number of pyridine rings is 1. The van der Waals surface area contributed by atoms with Gasteiger partial charge < -0.3 is 18.9 Å². The fourth-order valence-corrected chi connectivity index (χ4v) is 3.59. The molecule has 0 atom stereocenters. The molecule has 3 aromatic rings. The lowest BCUT2D eigenvalue weighted by molar-refractivity contribution is 0.0490. The lowest BCUT2D eigenvalue weighted by Crippen LogP contribution is -2.21. The number of benzene rings is 2. The van der Waals surface area contributed by atoms with E-state index in [4.69, 9.17) is 14.2 Å². The Morgan fingerprint density at radius 1 is 1.06 bits per heavy atom. The number of methoxy groups -OCH3 is 1. The minimum atomic E-state index is -0.581. The SMILES string of the molecule is COC(=O)c1ccc(COc2cccc(-c3ccc(OCC4CCOCC4)nc3)c2)c(F)c1. The van der Waals surface area contributed by atoms with Gasteiger partial charge in [0, 0.05) is 36.6 Å². The average molecular weight is 451 g/mol. The van der Waals surface area contributed by atoms with E-state index in [2.05, 4.69) is 9.72 Å². The van der Waals surface area contributed by atoms with Crippen LogP contribution in [0.1, 0.15) is 28.8 Å². The van der Waals surface area contributed by atoms with E-state index in [1.54, 1.807) is 6.20 Å². The molecule has 0 bridgehead atoms. The van der Waals surface area contributed by atoms with E-state index < -0.39 is 11.8 Å². The quantitative estimate of drug-likeness (QED) is 0.446. The number of rotatable bonds is 8. The highest BCUT2D eigenvalue weighted by molar-refractivity contribution is 5.89. The van der Waals surface area contributed by atoms with Crippen LogP contribution in [0.4, 0.5) is 4.39 Å². The summed E-state index contributed by atoms with van der Waals surface area (Å²) < 4.78 is 35.9. The highest BCUT2D eigenvalue weighted by Gasteiger charge is 2.15. The van der Waals surface area contributed by atoms with Gasteiger partial charge in [-0.1, -0.05) is 18.2 Å². The van der Waals surface area contributed by atoms with E-state index in [0.717, 1.165) is 43.2 Å². The van der Waals surface area contributed by atoms with Crippen molar-refractivity contribution in [2.75, 3.05) is 26.9 Å². The van der Waals surface area contributed by atoms with Crippen molar-refractivity contribution in [3.05, 3.63) is 77.7 Å². The highest BCUT2D eigenvalue weighted by Crippen LogP contribution is 2.26. The lowest BCUT2D eigenvalue weighted by atomic mass is 10.0. The van der Waals surface area contributed by atoms with Gasteiger partial charge >= 0.3 is 5.97 Å². The molecule has 1 saturated heterocycles. The second kappa shape index (κ2) is 10.9. The summed E-state index contributed by atoms with van der Waals surface area (Å²) in [7, 11) is 1.26. The first-order valence-electron chi connectivity index (χ1n) is 10.9. The molecule has 1 aromatic heterocycles. The van der Waals surface area contributed by atoms with Crippen molar-refractivity contribution in [2.45, 2.75) is 19.4 Å². The Hall–Kier alpha value is -3.45. The summed E-state index contributed by atoms with van der Waals surface area (Å²) in [4.78, 5) is 15.9. The molecule has 1 aliphatic rings. The Balaban J connectivity index is 1.36. The van der Waals surface area contributed by atoms with Gasteiger partial charge in [-0.2, -0.15) is 0 Å². The zero-order valence-corrected chi connectivity index (χ0v) is 18.5. The molecule has 0 aliphatic carbocycles. The molecular weight excluding hydrogens is 425 g/mol. The van der Waals surface area contributed by atoms with E-state index in [1.807, 2.05) is 36.4 Å². The van der Waals surface area contributed by atoms with Crippen LogP contribution in [0.15, 0.2) is 60.8 Å². The summed E-state index contributed by atoms with van der Waals surface area (Å²) in [6.45, 7) is 2.28. The van der Waals surface area contributed by atoms with Gasteiger partial charge in [-0.05, 0) is 54.7 Å². The van der Waals surface area contributed by atoms with Gasteiger partial charge in [0.1, 0.15) is 18.2 Å². The largest absolute Gasteiger partial charge is 0.489 e. The maximum Gasteiger partial charge on any atom is 0.337 e. The van der Waals surface area contributed by atoms with Gasteiger partial charge in [0.25, 0.3) is 0 Å². The highest BCUT2D eigenvalue weighted by atomic mass is 19.1. The summed E-state index contributed by atoms with van der Waals surface area (Å²) in [6, 6.07) is 15.5. The van der Waals surface area contributed by atoms with Gasteiger partial charge in [-0.25, -0.2) is 14.2 Å². The molecule has 6 nitrogen and oxygen atoms in total. The Kier molecular flexibility index (Phi) is 7.52. The predicted octanol–water partition coefficient (Wildman–Crippen LogP) is 5.06. The number of hydrogen-bond acceptors (Lipinski definition) is 6. The first-order chi connectivity index (χ1) is 16.1. The van der Waals surface area contributed by atoms with Crippen molar-refractivity contribution < 1.29 is 28.1 Å². The Morgan fingerprint density at radius 2 is 1.91 bits per heavy atom. The molecule has 4 rings (SSSR count). The zero-order chi connectivity index (χ0) is 23.0. The normalized spacial score (nSPS) is 14.0. The van der Waals surface area contributed by atoms with Crippen LogP contribution >= 0.6 is 0 Å². The molecule has 33 heavy (non-hydrogen) atoms. The van der Waals surface area contributed by atoms with Crippen molar-refractivity contribution in [3.8, 4) is 22.8 Å². The summed E-state index contributed by atoms with van der Waals surface area (Å²) in [5.74, 6) is 0.611. The number of hydrogen-bond donors (Lipinski definition) is 0. The minimum absolute atomic E-state index is 0.0357. The Labute approximate surface area is 192 Å². The molecule has 0 radical (unpaired) electrons. The van der Waals surface area contributed by atoms with Crippen LogP contribution in [0.2, 0.25) is 0 Å². The van der Waals surface area contributed by atoms with Crippen LogP contribution < -0.4 is 9.47 Å². The maximum atomic E-state index is 14.3. The van der Waals surface area contributed by atoms with Gasteiger partial charge in [-0.15, -0.1) is 0 Å². The van der Waals surface area contributed by atoms with Crippen molar-refractivity contribution in [1.82, 2.24) is 4.98 Å². The third-order valence-electron chi connectivity index (χ3n) is 5.58. The number of esters is 1. The molecule has 0 spiro atoms. The second-order valence-corrected chi connectivity index (χ2v) is 7.87. The van der Waals surface area contributed by atoms with Crippen LogP contribution in [0, 0.1) is 11.7 Å². The van der Waals surface area contributed by atoms with E-state index >= 15 is 0 Å². The smallest absolute Gasteiger partial charge is 0.337 e. The van der Waals surface area contributed by atoms with E-state index in [9.17, 15) is 9.18 Å². The first kappa shape index (κ1) is 22.7.